The molecule has 0 radical (unpaired) electrons. The van der Waals surface area contributed by atoms with Gasteiger partial charge in [0.05, 0.1) is 32.3 Å². The van der Waals surface area contributed by atoms with E-state index >= 15 is 0 Å². The van der Waals surface area contributed by atoms with Gasteiger partial charge in [-0.25, -0.2) is 9.97 Å². The van der Waals surface area contributed by atoms with Crippen molar-refractivity contribution in [3.63, 3.8) is 0 Å². The van der Waals surface area contributed by atoms with Gasteiger partial charge in [-0.05, 0) is 75.1 Å². The Kier molecular flexibility index (Phi) is 7.44. The van der Waals surface area contributed by atoms with E-state index in [9.17, 15) is 0 Å². The quantitative estimate of drug-likeness (QED) is 0.174. The standard InChI is InChI=1S/C56H34N4S/c1-4-17-37(18-5-1)50-34-46-54(61-50)56(58-55(57-46)38-19-6-2-7-20-38)60-47-30-29-39(33-45(47)52-42-24-13-11-16-36(42)28-32-49(52)60)43-25-14-26-44-51-41-23-12-10-15-35(41)27-31-48(51)59(53(43)44)40-21-8-3-9-22-40/h1-34H. The van der Waals surface area contributed by atoms with Crippen LogP contribution in [0.5, 0.6) is 0 Å². The Hall–Kier alpha value is -7.86. The highest BCUT2D eigenvalue weighted by Crippen LogP contribution is 2.45. The van der Waals surface area contributed by atoms with Crippen molar-refractivity contribution in [2.75, 3.05) is 0 Å². The summed E-state index contributed by atoms with van der Waals surface area (Å²) < 4.78 is 5.90. The Balaban J connectivity index is 1.13. The molecule has 61 heavy (non-hydrogen) atoms. The Morgan fingerprint density at radius 1 is 0.393 bits per heavy atom. The largest absolute Gasteiger partial charge is 0.309 e. The van der Waals surface area contributed by atoms with Crippen LogP contribution in [0.3, 0.4) is 0 Å². The van der Waals surface area contributed by atoms with Gasteiger partial charge in [0.2, 0.25) is 0 Å². The van der Waals surface area contributed by atoms with Crippen molar-refractivity contribution in [2.24, 2.45) is 0 Å². The Bertz CT molecular complexity index is 3860. The molecule has 9 aromatic carbocycles. The summed E-state index contributed by atoms with van der Waals surface area (Å²) >= 11 is 1.75. The summed E-state index contributed by atoms with van der Waals surface area (Å²) in [5.74, 6) is 1.60. The molecule has 0 saturated carbocycles. The number of hydrogen-bond acceptors (Lipinski definition) is 3. The highest BCUT2D eigenvalue weighted by molar-refractivity contribution is 7.22. The molecule has 0 saturated heterocycles. The second kappa shape index (κ2) is 13.3. The van der Waals surface area contributed by atoms with E-state index in [1.807, 2.05) is 6.07 Å². The molecule has 0 aliphatic heterocycles. The van der Waals surface area contributed by atoms with Crippen molar-refractivity contribution in [1.82, 2.24) is 19.1 Å². The summed E-state index contributed by atoms with van der Waals surface area (Å²) in [7, 11) is 0. The van der Waals surface area contributed by atoms with E-state index < -0.39 is 0 Å². The van der Waals surface area contributed by atoms with Crippen molar-refractivity contribution in [1.29, 1.82) is 0 Å². The maximum absolute atomic E-state index is 5.48. The zero-order valence-electron chi connectivity index (χ0n) is 32.8. The van der Waals surface area contributed by atoms with Gasteiger partial charge in [-0.1, -0.05) is 164 Å². The van der Waals surface area contributed by atoms with Gasteiger partial charge >= 0.3 is 0 Å². The number of fused-ring (bicyclic) bond motifs is 11. The van der Waals surface area contributed by atoms with Gasteiger partial charge in [-0.2, -0.15) is 0 Å². The molecule has 4 aromatic heterocycles. The fourth-order valence-electron chi connectivity index (χ4n) is 9.63. The maximum atomic E-state index is 5.48. The molecule has 0 atom stereocenters. The first kappa shape index (κ1) is 34.0. The van der Waals surface area contributed by atoms with Crippen LogP contribution in [0.2, 0.25) is 0 Å². The van der Waals surface area contributed by atoms with E-state index in [2.05, 4.69) is 209 Å². The lowest BCUT2D eigenvalue weighted by atomic mass is 9.97. The van der Waals surface area contributed by atoms with Gasteiger partial charge < -0.3 is 4.57 Å². The number of rotatable bonds is 5. The van der Waals surface area contributed by atoms with Crippen LogP contribution in [0.25, 0.3) is 120 Å². The van der Waals surface area contributed by atoms with E-state index in [0.29, 0.717) is 5.82 Å². The van der Waals surface area contributed by atoms with Crippen molar-refractivity contribution in [3.05, 3.63) is 206 Å². The second-order valence-electron chi connectivity index (χ2n) is 15.7. The molecule has 0 N–H and O–H groups in total. The predicted octanol–water partition coefficient (Wildman–Crippen LogP) is 15.2. The highest BCUT2D eigenvalue weighted by Gasteiger charge is 2.23. The van der Waals surface area contributed by atoms with E-state index in [1.165, 1.54) is 70.1 Å². The summed E-state index contributed by atoms with van der Waals surface area (Å²) in [5.41, 5.74) is 11.2. The van der Waals surface area contributed by atoms with Crippen molar-refractivity contribution in [3.8, 4) is 44.5 Å². The fourth-order valence-corrected chi connectivity index (χ4v) is 10.7. The number of nitrogens with zero attached hydrogens (tertiary/aromatic N) is 4. The molecule has 4 heterocycles. The molecule has 4 nitrogen and oxygen atoms in total. The molecule has 13 rings (SSSR count). The van der Waals surface area contributed by atoms with Crippen LogP contribution in [0.1, 0.15) is 0 Å². The molecule has 0 unspecified atom stereocenters. The first-order valence-corrected chi connectivity index (χ1v) is 21.5. The molecular weight excluding hydrogens is 761 g/mol. The lowest BCUT2D eigenvalue weighted by Gasteiger charge is -2.13. The van der Waals surface area contributed by atoms with Crippen LogP contribution in [0, 0.1) is 0 Å². The molecule has 284 valence electrons. The first-order chi connectivity index (χ1) is 30.3. The fraction of sp³-hybridized carbons (Fsp3) is 0. The molecule has 0 fully saturated rings. The van der Waals surface area contributed by atoms with Gasteiger partial charge in [-0.15, -0.1) is 11.3 Å². The van der Waals surface area contributed by atoms with E-state index in [1.54, 1.807) is 11.3 Å². The lowest BCUT2D eigenvalue weighted by molar-refractivity contribution is 1.08. The smallest absolute Gasteiger partial charge is 0.162 e. The van der Waals surface area contributed by atoms with Crippen molar-refractivity contribution in [2.45, 2.75) is 0 Å². The number of aromatic nitrogens is 4. The Morgan fingerprint density at radius 2 is 0.984 bits per heavy atom. The zero-order chi connectivity index (χ0) is 40.0. The highest BCUT2D eigenvalue weighted by atomic mass is 32.1. The van der Waals surface area contributed by atoms with Gasteiger partial charge in [-0.3, -0.25) is 4.57 Å². The minimum absolute atomic E-state index is 0.709. The predicted molar refractivity (Wildman–Crippen MR) is 257 cm³/mol. The maximum Gasteiger partial charge on any atom is 0.162 e. The summed E-state index contributed by atoms with van der Waals surface area (Å²) in [6.07, 6.45) is 0. The third-order valence-electron chi connectivity index (χ3n) is 12.3. The number of para-hydroxylation sites is 2. The molecule has 0 aliphatic carbocycles. The molecule has 0 spiro atoms. The minimum Gasteiger partial charge on any atom is -0.309 e. The molecule has 0 aliphatic rings. The number of benzene rings is 9. The van der Waals surface area contributed by atoms with Crippen LogP contribution in [-0.4, -0.2) is 19.1 Å². The second-order valence-corrected chi connectivity index (χ2v) is 16.8. The van der Waals surface area contributed by atoms with Crippen molar-refractivity contribution < 1.29 is 0 Å². The summed E-state index contributed by atoms with van der Waals surface area (Å²) in [6.45, 7) is 0. The summed E-state index contributed by atoms with van der Waals surface area (Å²) in [6, 6.07) is 74.4. The Morgan fingerprint density at radius 3 is 1.70 bits per heavy atom. The molecule has 0 amide bonds. The van der Waals surface area contributed by atoms with Gasteiger partial charge in [0.15, 0.2) is 11.6 Å². The topological polar surface area (TPSA) is 35.6 Å². The number of thiophene rings is 1. The van der Waals surface area contributed by atoms with Crippen LogP contribution in [0.4, 0.5) is 0 Å². The van der Waals surface area contributed by atoms with Crippen LogP contribution in [0.15, 0.2) is 206 Å². The van der Waals surface area contributed by atoms with Gasteiger partial charge in [0, 0.05) is 43.2 Å². The third-order valence-corrected chi connectivity index (χ3v) is 13.5. The van der Waals surface area contributed by atoms with E-state index in [4.69, 9.17) is 9.97 Å². The molecule has 5 heteroatoms. The SMILES string of the molecule is c1ccc(-c2nc(-n3c4ccc(-c5cccc6c7c8ccccc8ccc7n(-c7ccccc7)c56)cc4c4c5ccccc5ccc43)c3sc(-c4ccccc4)cc3n2)cc1. The Labute approximate surface area is 354 Å². The molecule has 13 aromatic rings. The average molecular weight is 795 g/mol. The normalized spacial score (nSPS) is 11.9. The third kappa shape index (κ3) is 5.18. The lowest BCUT2D eigenvalue weighted by Crippen LogP contribution is -2.01. The van der Waals surface area contributed by atoms with Crippen LogP contribution in [-0.2, 0) is 0 Å². The minimum atomic E-state index is 0.709. The molecule has 0 bridgehead atoms. The van der Waals surface area contributed by atoms with Crippen LogP contribution < -0.4 is 0 Å². The van der Waals surface area contributed by atoms with Crippen LogP contribution >= 0.6 is 11.3 Å². The first-order valence-electron chi connectivity index (χ1n) is 20.7. The van der Waals surface area contributed by atoms with Crippen molar-refractivity contribution >= 4 is 86.7 Å². The zero-order valence-corrected chi connectivity index (χ0v) is 33.6. The van der Waals surface area contributed by atoms with Gasteiger partial charge in [0.25, 0.3) is 0 Å². The summed E-state index contributed by atoms with van der Waals surface area (Å²) in [4.78, 5) is 11.9. The number of hydrogen-bond donors (Lipinski definition) is 0. The van der Waals surface area contributed by atoms with Gasteiger partial charge in [0.1, 0.15) is 0 Å². The monoisotopic (exact) mass is 794 g/mol. The van der Waals surface area contributed by atoms with E-state index in [-0.39, 0.29) is 0 Å². The average Bonchev–Trinajstić information content (AvgIpc) is 4.03. The molecular formula is C56H34N4S. The van der Waals surface area contributed by atoms with E-state index in [0.717, 1.165) is 43.9 Å². The summed E-state index contributed by atoms with van der Waals surface area (Å²) in [5, 5.41) is 9.83.